The number of aromatic nitrogens is 4. The van der Waals surface area contributed by atoms with Gasteiger partial charge in [-0.15, -0.1) is 0 Å². The van der Waals surface area contributed by atoms with Crippen LogP contribution in [0.4, 0.5) is 5.69 Å². The maximum Gasteiger partial charge on any atom is 0.345 e. The van der Waals surface area contributed by atoms with Crippen LogP contribution in [0.2, 0.25) is 0 Å². The fraction of sp³-hybridized carbons (Fsp3) is 0.200. The normalized spacial score (nSPS) is 11.2. The summed E-state index contributed by atoms with van der Waals surface area (Å²) in [6, 6.07) is 23.8. The molecule has 0 saturated carbocycles. The van der Waals surface area contributed by atoms with E-state index in [-0.39, 0.29) is 5.56 Å². The van der Waals surface area contributed by atoms with Gasteiger partial charge in [0.15, 0.2) is 0 Å². The fourth-order valence-electron chi connectivity index (χ4n) is 6.06. The van der Waals surface area contributed by atoms with Crippen molar-refractivity contribution in [3.63, 3.8) is 0 Å². The van der Waals surface area contributed by atoms with Crippen molar-refractivity contribution >= 4 is 27.6 Å². The summed E-state index contributed by atoms with van der Waals surface area (Å²) in [6.07, 6.45) is 5.11. The zero-order chi connectivity index (χ0) is 35.5. The third-order valence-corrected chi connectivity index (χ3v) is 8.54. The van der Waals surface area contributed by atoms with Crippen LogP contribution < -0.4 is 25.6 Å². The van der Waals surface area contributed by atoms with Gasteiger partial charge in [0, 0.05) is 42.4 Å². The summed E-state index contributed by atoms with van der Waals surface area (Å²) in [7, 11) is 3.06. The van der Waals surface area contributed by atoms with Crippen LogP contribution >= 0.6 is 0 Å². The van der Waals surface area contributed by atoms with Crippen molar-refractivity contribution < 1.29 is 18.3 Å². The quantitative estimate of drug-likeness (QED) is 0.124. The first-order valence-corrected chi connectivity index (χ1v) is 16.7. The zero-order valence-corrected chi connectivity index (χ0v) is 28.7. The Labute approximate surface area is 293 Å². The van der Waals surface area contributed by atoms with Gasteiger partial charge in [-0.3, -0.25) is 9.97 Å². The molecule has 7 aromatic rings. The summed E-state index contributed by atoms with van der Waals surface area (Å²) in [5.41, 5.74) is 4.50. The number of ether oxygens (including phenoxy) is 2. The highest BCUT2D eigenvalue weighted by molar-refractivity contribution is 5.88. The lowest BCUT2D eigenvalue weighted by Crippen LogP contribution is -2.24. The first kappa shape index (κ1) is 33.2. The largest absolute Gasteiger partial charge is 0.496 e. The Balaban J connectivity index is 1.17. The summed E-state index contributed by atoms with van der Waals surface area (Å²) in [6.45, 7) is 6.17. The number of hydrogen-bond donors (Lipinski definition) is 0. The van der Waals surface area contributed by atoms with E-state index >= 15 is 0 Å². The molecule has 0 saturated heterocycles. The van der Waals surface area contributed by atoms with Crippen molar-refractivity contribution in [2.75, 3.05) is 32.2 Å². The Morgan fingerprint density at radius 1 is 0.627 bits per heavy atom. The predicted molar refractivity (Wildman–Crippen MR) is 197 cm³/mol. The van der Waals surface area contributed by atoms with Gasteiger partial charge in [0.05, 0.1) is 71.6 Å². The zero-order valence-electron chi connectivity index (χ0n) is 28.7. The first-order valence-electron chi connectivity index (χ1n) is 16.7. The van der Waals surface area contributed by atoms with E-state index in [4.69, 9.17) is 28.3 Å². The SMILES string of the molecule is CCCN(CCC)c1ccc2cc(-c3cccc(-c4cccc(-c5cnc(-c6cc7c(OC)cc(OC)cc7oc6=O)cn5)n4)n3)c(=O)oc2c1. The van der Waals surface area contributed by atoms with Crippen molar-refractivity contribution in [2.24, 2.45) is 0 Å². The van der Waals surface area contributed by atoms with E-state index in [9.17, 15) is 9.59 Å². The highest BCUT2D eigenvalue weighted by atomic mass is 16.5. The molecule has 0 spiro atoms. The van der Waals surface area contributed by atoms with Crippen molar-refractivity contribution in [3.8, 4) is 56.8 Å². The van der Waals surface area contributed by atoms with Crippen LogP contribution in [0.15, 0.2) is 110 Å². The van der Waals surface area contributed by atoms with Crippen molar-refractivity contribution in [2.45, 2.75) is 26.7 Å². The lowest BCUT2D eigenvalue weighted by molar-refractivity contribution is 0.396. The summed E-state index contributed by atoms with van der Waals surface area (Å²) in [5.74, 6) is 1.000. The minimum Gasteiger partial charge on any atom is -0.496 e. The molecule has 0 aliphatic carbocycles. The van der Waals surface area contributed by atoms with Gasteiger partial charge in [-0.2, -0.15) is 0 Å². The standard InChI is InChI=1S/C40H35N5O6/c1-5-15-45(16-6-2)25-14-13-24-17-27(39(46)50-36(24)18-25)30-9-7-10-31(43-30)32-11-8-12-33(44-32)35-23-41-34(22-42-35)28-21-29-37(49-4)19-26(48-3)20-38(29)51-40(28)47/h7-14,17-23H,5-6,15-16H2,1-4H3. The minimum atomic E-state index is -0.568. The molecule has 11 nitrogen and oxygen atoms in total. The molecule has 2 aromatic carbocycles. The number of rotatable bonds is 11. The maximum absolute atomic E-state index is 13.2. The third-order valence-electron chi connectivity index (χ3n) is 8.54. The van der Waals surface area contributed by atoms with Gasteiger partial charge >= 0.3 is 11.3 Å². The first-order chi connectivity index (χ1) is 24.9. The molecule has 5 aromatic heterocycles. The summed E-state index contributed by atoms with van der Waals surface area (Å²) in [4.78, 5) is 47.1. The molecule has 0 aliphatic rings. The Morgan fingerprint density at radius 2 is 1.24 bits per heavy atom. The van der Waals surface area contributed by atoms with Gasteiger partial charge in [-0.05, 0) is 61.4 Å². The van der Waals surface area contributed by atoms with E-state index in [1.807, 2.05) is 48.5 Å². The second-order valence-corrected chi connectivity index (χ2v) is 11.9. The molecule has 11 heteroatoms. The smallest absolute Gasteiger partial charge is 0.345 e. The number of fused-ring (bicyclic) bond motifs is 2. The Hall–Kier alpha value is -6.36. The maximum atomic E-state index is 13.2. The highest BCUT2D eigenvalue weighted by Gasteiger charge is 2.16. The average molecular weight is 682 g/mol. The number of hydrogen-bond acceptors (Lipinski definition) is 11. The molecule has 51 heavy (non-hydrogen) atoms. The van der Waals surface area contributed by atoms with Crippen LogP contribution in [0.25, 0.3) is 67.2 Å². The van der Waals surface area contributed by atoms with E-state index in [2.05, 4.69) is 34.8 Å². The van der Waals surface area contributed by atoms with Crippen LogP contribution in [-0.4, -0.2) is 47.2 Å². The van der Waals surface area contributed by atoms with Gasteiger partial charge < -0.3 is 23.2 Å². The molecule has 0 unspecified atom stereocenters. The summed E-state index contributed by atoms with van der Waals surface area (Å²) >= 11 is 0. The number of benzene rings is 2. The van der Waals surface area contributed by atoms with Crippen LogP contribution in [0.3, 0.4) is 0 Å². The van der Waals surface area contributed by atoms with E-state index in [0.29, 0.717) is 67.8 Å². The predicted octanol–water partition coefficient (Wildman–Crippen LogP) is 7.79. The molecule has 0 N–H and O–H groups in total. The van der Waals surface area contributed by atoms with Gasteiger partial charge in [-0.25, -0.2) is 19.6 Å². The third kappa shape index (κ3) is 6.65. The summed E-state index contributed by atoms with van der Waals surface area (Å²) in [5, 5.41) is 1.41. The molecule has 0 aliphatic heterocycles. The summed E-state index contributed by atoms with van der Waals surface area (Å²) < 4.78 is 22.2. The molecule has 0 fully saturated rings. The molecular formula is C40H35N5O6. The Bertz CT molecular complexity index is 2490. The van der Waals surface area contributed by atoms with E-state index in [1.165, 1.54) is 20.4 Å². The average Bonchev–Trinajstić information content (AvgIpc) is 3.16. The van der Waals surface area contributed by atoms with Crippen LogP contribution in [0.5, 0.6) is 11.5 Å². The van der Waals surface area contributed by atoms with Gasteiger partial charge in [0.25, 0.3) is 0 Å². The van der Waals surface area contributed by atoms with Crippen molar-refractivity contribution in [1.29, 1.82) is 0 Å². The number of anilines is 1. The lowest BCUT2D eigenvalue weighted by atomic mass is 10.1. The van der Waals surface area contributed by atoms with Gasteiger partial charge in [0.1, 0.15) is 28.4 Å². The molecule has 7 rings (SSSR count). The molecule has 0 radical (unpaired) electrons. The number of nitrogens with zero attached hydrogens (tertiary/aromatic N) is 5. The molecular weight excluding hydrogens is 646 g/mol. The second kappa shape index (κ2) is 14.2. The monoisotopic (exact) mass is 681 g/mol. The van der Waals surface area contributed by atoms with E-state index in [1.54, 1.807) is 30.5 Å². The Morgan fingerprint density at radius 3 is 1.88 bits per heavy atom. The molecule has 0 atom stereocenters. The number of pyridine rings is 2. The van der Waals surface area contributed by atoms with Crippen LogP contribution in [-0.2, 0) is 0 Å². The van der Waals surface area contributed by atoms with Crippen molar-refractivity contribution in [3.05, 3.63) is 112 Å². The van der Waals surface area contributed by atoms with Crippen LogP contribution in [0, 0.1) is 0 Å². The Kier molecular flexibility index (Phi) is 9.26. The molecule has 5 heterocycles. The van der Waals surface area contributed by atoms with E-state index in [0.717, 1.165) is 37.0 Å². The van der Waals surface area contributed by atoms with Crippen LogP contribution in [0.1, 0.15) is 26.7 Å². The minimum absolute atomic E-state index is 0.237. The van der Waals surface area contributed by atoms with Gasteiger partial charge in [-0.1, -0.05) is 26.0 Å². The lowest BCUT2D eigenvalue weighted by Gasteiger charge is -2.23. The second-order valence-electron chi connectivity index (χ2n) is 11.9. The molecule has 256 valence electrons. The van der Waals surface area contributed by atoms with E-state index < -0.39 is 11.3 Å². The van der Waals surface area contributed by atoms with Gasteiger partial charge in [0.2, 0.25) is 0 Å². The fourth-order valence-corrected chi connectivity index (χ4v) is 6.06. The molecule has 0 amide bonds. The molecule has 0 bridgehead atoms. The van der Waals surface area contributed by atoms with Crippen molar-refractivity contribution in [1.82, 2.24) is 19.9 Å². The highest BCUT2D eigenvalue weighted by Crippen LogP contribution is 2.33. The number of methoxy groups -OCH3 is 2. The topological polar surface area (TPSA) is 134 Å².